The smallest absolute Gasteiger partial charge is 0.257 e. The maximum Gasteiger partial charge on any atom is 0.257 e. The molecule has 2 amide bonds. The zero-order valence-corrected chi connectivity index (χ0v) is 42.5. The Morgan fingerprint density at radius 3 is 1.47 bits per heavy atom. The van der Waals surface area contributed by atoms with Crippen LogP contribution in [0.4, 0.5) is 5.69 Å². The van der Waals surface area contributed by atoms with E-state index in [9.17, 15) is 31.7 Å². The number of carbonyl (C=O) groups excluding carboxylic acids is 2. The molecule has 4 heterocycles. The SMILES string of the molecule is [C-]#[N+]c1cncc(COc2cc(OCc3cccc(-c4cccc(COc5cc(OCc6cncc(C#N)c6)c(C(=O)N6CCS(=O)(=O)CC6)cc5Cl)c4Cl)c3Cl)c(Cl)cc2C(=O)N2CCS(=O)(=O)CC2)c1. The van der Waals surface area contributed by atoms with Crippen molar-refractivity contribution < 1.29 is 45.4 Å². The molecule has 2 aromatic heterocycles. The summed E-state index contributed by atoms with van der Waals surface area (Å²) in [4.78, 5) is 42.0. The van der Waals surface area contributed by atoms with E-state index >= 15 is 0 Å². The molecule has 2 aliphatic heterocycles. The lowest BCUT2D eigenvalue weighted by Crippen LogP contribution is -2.43. The molecule has 16 nitrogen and oxygen atoms in total. The van der Waals surface area contributed by atoms with Crippen molar-refractivity contribution >= 4 is 83.6 Å². The molecule has 6 aromatic rings. The molecule has 2 saturated heterocycles. The second-order valence-electron chi connectivity index (χ2n) is 16.5. The third kappa shape index (κ3) is 12.3. The average Bonchev–Trinajstić information content (AvgIpc) is 3.37. The fourth-order valence-electron chi connectivity index (χ4n) is 7.71. The standard InChI is InChI=1S/C50H40Cl4N6O10S2/c1-56-36-17-33(25-58-26-36)28-68-44-21-46(42(52)19-40(44)50(62)60-10-14-72(65,66)15-11-60)70-30-35-5-3-7-38(48(35)54)37-6-2-4-34(47(37)53)29-69-45-20-43(67-27-32-16-31(22-55)23-57-24-32)39(18-41(45)51)49(61)59-8-12-71(63,64)13-9-59/h2-7,16-21,23-26H,8-15,27-30H2. The van der Waals surface area contributed by atoms with Crippen LogP contribution >= 0.6 is 46.4 Å². The van der Waals surface area contributed by atoms with Crippen molar-refractivity contribution in [2.45, 2.75) is 26.4 Å². The number of benzene rings is 4. The van der Waals surface area contributed by atoms with Crippen LogP contribution in [0, 0.1) is 17.9 Å². The average molecular weight is 1090 g/mol. The Morgan fingerprint density at radius 2 is 1.03 bits per heavy atom. The van der Waals surface area contributed by atoms with Gasteiger partial charge in [0.1, 0.15) is 55.5 Å². The van der Waals surface area contributed by atoms with Gasteiger partial charge in [-0.3, -0.25) is 19.6 Å². The first-order valence-electron chi connectivity index (χ1n) is 21.9. The van der Waals surface area contributed by atoms with Crippen molar-refractivity contribution in [3.8, 4) is 40.2 Å². The van der Waals surface area contributed by atoms with Gasteiger partial charge in [0.15, 0.2) is 19.7 Å². The van der Waals surface area contributed by atoms with Gasteiger partial charge in [-0.25, -0.2) is 21.7 Å². The summed E-state index contributed by atoms with van der Waals surface area (Å²) in [7, 11) is -6.54. The number of nitrogens with zero attached hydrogens (tertiary/aromatic N) is 6. The van der Waals surface area contributed by atoms with Crippen LogP contribution < -0.4 is 18.9 Å². The van der Waals surface area contributed by atoms with Crippen LogP contribution in [0.5, 0.6) is 23.0 Å². The van der Waals surface area contributed by atoms with Gasteiger partial charge in [0.2, 0.25) is 5.69 Å². The molecular weight excluding hydrogens is 1050 g/mol. The molecule has 0 saturated carbocycles. The lowest BCUT2D eigenvalue weighted by Gasteiger charge is -2.27. The number of carbonyl (C=O) groups is 2. The number of rotatable bonds is 15. The molecule has 8 rings (SSSR count). The molecule has 370 valence electrons. The van der Waals surface area contributed by atoms with Crippen LogP contribution in [0.3, 0.4) is 0 Å². The van der Waals surface area contributed by atoms with Crippen LogP contribution in [0.2, 0.25) is 20.1 Å². The number of ether oxygens (including phenoxy) is 4. The van der Waals surface area contributed by atoms with Gasteiger partial charge < -0.3 is 28.7 Å². The zero-order valence-electron chi connectivity index (χ0n) is 37.8. The van der Waals surface area contributed by atoms with Crippen molar-refractivity contribution in [1.29, 1.82) is 5.26 Å². The molecule has 0 atom stereocenters. The molecule has 2 aliphatic rings. The summed E-state index contributed by atoms with van der Waals surface area (Å²) in [5, 5.41) is 10.2. The molecule has 4 aromatic carbocycles. The Kier molecular flexibility index (Phi) is 16.1. The monoisotopic (exact) mass is 1090 g/mol. The highest BCUT2D eigenvalue weighted by Gasteiger charge is 2.30. The van der Waals surface area contributed by atoms with Gasteiger partial charge in [0.05, 0.1) is 66.4 Å². The summed E-state index contributed by atoms with van der Waals surface area (Å²) >= 11 is 27.6. The molecule has 0 unspecified atom stereocenters. The van der Waals surface area contributed by atoms with Gasteiger partial charge in [0.25, 0.3) is 11.8 Å². The van der Waals surface area contributed by atoms with Gasteiger partial charge in [-0.15, -0.1) is 0 Å². The van der Waals surface area contributed by atoms with Gasteiger partial charge in [-0.1, -0.05) is 82.8 Å². The van der Waals surface area contributed by atoms with Crippen LogP contribution in [-0.4, -0.2) is 97.6 Å². The maximum absolute atomic E-state index is 13.8. The van der Waals surface area contributed by atoms with Crippen LogP contribution in [-0.2, 0) is 46.1 Å². The normalized spacial score (nSPS) is 14.9. The first-order valence-corrected chi connectivity index (χ1v) is 27.0. The molecule has 2 fully saturated rings. The largest absolute Gasteiger partial charge is 0.488 e. The summed E-state index contributed by atoms with van der Waals surface area (Å²) < 4.78 is 73.2. The number of hydrogen-bond acceptors (Lipinski definition) is 13. The first kappa shape index (κ1) is 51.7. The third-order valence-corrected chi connectivity index (χ3v) is 16.3. The van der Waals surface area contributed by atoms with Crippen LogP contribution in [0.25, 0.3) is 16.0 Å². The predicted molar refractivity (Wildman–Crippen MR) is 271 cm³/mol. The molecule has 0 N–H and O–H groups in total. The fraction of sp³-hybridized carbons (Fsp3) is 0.240. The van der Waals surface area contributed by atoms with E-state index in [-0.39, 0.29) is 120 Å². The maximum atomic E-state index is 13.8. The molecule has 0 radical (unpaired) electrons. The quantitative estimate of drug-likeness (QED) is 0.0883. The first-order chi connectivity index (χ1) is 34.5. The van der Waals surface area contributed by atoms with Gasteiger partial charge >= 0.3 is 0 Å². The van der Waals surface area contributed by atoms with E-state index in [4.69, 9.17) is 71.9 Å². The number of halogens is 4. The van der Waals surface area contributed by atoms with E-state index in [0.29, 0.717) is 54.7 Å². The zero-order chi connectivity index (χ0) is 51.2. The molecule has 72 heavy (non-hydrogen) atoms. The highest BCUT2D eigenvalue weighted by Crippen LogP contribution is 2.41. The van der Waals surface area contributed by atoms with Crippen molar-refractivity contribution in [3.63, 3.8) is 0 Å². The minimum atomic E-state index is -3.27. The molecule has 0 bridgehead atoms. The van der Waals surface area contributed by atoms with E-state index < -0.39 is 31.5 Å². The van der Waals surface area contributed by atoms with E-state index in [2.05, 4.69) is 14.8 Å². The minimum absolute atomic E-state index is 0.00110. The Morgan fingerprint density at radius 1 is 0.597 bits per heavy atom. The van der Waals surface area contributed by atoms with E-state index in [0.717, 1.165) is 0 Å². The van der Waals surface area contributed by atoms with Crippen LogP contribution in [0.15, 0.2) is 97.6 Å². The summed E-state index contributed by atoms with van der Waals surface area (Å²) in [6, 6.07) is 21.7. The number of pyridine rings is 2. The Hall–Kier alpha value is -6.64. The number of hydrogen-bond donors (Lipinski definition) is 0. The lowest BCUT2D eigenvalue weighted by molar-refractivity contribution is 0.0756. The second-order valence-corrected chi connectivity index (χ2v) is 22.7. The summed E-state index contributed by atoms with van der Waals surface area (Å²) in [6.45, 7) is 7.05. The van der Waals surface area contributed by atoms with Gasteiger partial charge in [0, 0.05) is 90.9 Å². The lowest BCUT2D eigenvalue weighted by atomic mass is 10.0. The molecule has 22 heteroatoms. The third-order valence-electron chi connectivity index (χ3n) is 11.6. The van der Waals surface area contributed by atoms with E-state index in [1.54, 1.807) is 48.5 Å². The molecule has 0 spiro atoms. The van der Waals surface area contributed by atoms with E-state index in [1.807, 2.05) is 6.07 Å². The summed E-state index contributed by atoms with van der Waals surface area (Å²) in [5.74, 6) is -1.12. The predicted octanol–water partition coefficient (Wildman–Crippen LogP) is 9.24. The Labute approximate surface area is 435 Å². The van der Waals surface area contributed by atoms with E-state index in [1.165, 1.54) is 58.9 Å². The highest BCUT2D eigenvalue weighted by molar-refractivity contribution is 7.91. The van der Waals surface area contributed by atoms with Gasteiger partial charge in [-0.05, 0) is 29.8 Å². The van der Waals surface area contributed by atoms with Crippen molar-refractivity contribution in [2.24, 2.45) is 0 Å². The number of nitriles is 1. The fourth-order valence-corrected chi connectivity index (χ4v) is 11.1. The highest BCUT2D eigenvalue weighted by atomic mass is 35.5. The number of amides is 2. The van der Waals surface area contributed by atoms with Crippen molar-refractivity contribution in [1.82, 2.24) is 19.8 Å². The van der Waals surface area contributed by atoms with Gasteiger partial charge in [-0.2, -0.15) is 5.26 Å². The van der Waals surface area contributed by atoms with Crippen molar-refractivity contribution in [2.75, 3.05) is 49.2 Å². The Balaban J connectivity index is 1.01. The molecular formula is C50H40Cl4N6O10S2. The van der Waals surface area contributed by atoms with Crippen LogP contribution in [0.1, 0.15) is 48.5 Å². The minimum Gasteiger partial charge on any atom is -0.488 e. The number of aromatic nitrogens is 2. The Bertz CT molecular complexity index is 3170. The summed E-state index contributed by atoms with van der Waals surface area (Å²) in [6.07, 6.45) is 5.88. The number of sulfone groups is 2. The summed E-state index contributed by atoms with van der Waals surface area (Å²) in [5.41, 5.74) is 4.16. The second kappa shape index (κ2) is 22.4. The molecule has 0 aliphatic carbocycles. The topological polar surface area (TPSA) is 200 Å². The van der Waals surface area contributed by atoms with Crippen molar-refractivity contribution in [3.05, 3.63) is 168 Å².